The molecule has 1 aromatic carbocycles. The van der Waals surface area contributed by atoms with E-state index in [0.29, 0.717) is 12.0 Å². The molecule has 32 heavy (non-hydrogen) atoms. The second-order valence-corrected chi connectivity index (χ2v) is 8.05. The fourth-order valence-corrected chi connectivity index (χ4v) is 3.03. The molecule has 0 radical (unpaired) electrons. The summed E-state index contributed by atoms with van der Waals surface area (Å²) in [6.07, 6.45) is -6.02. The Balaban J connectivity index is 2.77. The smallest absolute Gasteiger partial charge is 0.326 e. The molecule has 0 saturated carbocycles. The van der Waals surface area contributed by atoms with Crippen molar-refractivity contribution in [2.75, 3.05) is 6.61 Å². The van der Waals surface area contributed by atoms with Crippen LogP contribution in [0.2, 0.25) is 0 Å². The number of aliphatic hydroxyl groups is 4. The minimum absolute atomic E-state index is 0.0731. The van der Waals surface area contributed by atoms with E-state index in [1.165, 1.54) is 0 Å². The van der Waals surface area contributed by atoms with Crippen LogP contribution in [0, 0.1) is 5.92 Å². The summed E-state index contributed by atoms with van der Waals surface area (Å²) in [5.41, 5.74) is 6.37. The Morgan fingerprint density at radius 3 is 2.06 bits per heavy atom. The van der Waals surface area contributed by atoms with Crippen LogP contribution >= 0.6 is 0 Å². The molecule has 11 heteroatoms. The van der Waals surface area contributed by atoms with Crippen LogP contribution < -0.4 is 16.4 Å². The van der Waals surface area contributed by atoms with Crippen LogP contribution in [0.25, 0.3) is 0 Å². The molecule has 6 atom stereocenters. The fourth-order valence-electron chi connectivity index (χ4n) is 3.03. The SMILES string of the molecule is CC(C)C[C@H](N)C(=O)N[C@@H](CO)[C@@H](O)[C@@H](O)[C@H](O)C(=O)N[C@@H](Cc1ccccc1)C(=O)O. The van der Waals surface area contributed by atoms with Crippen LogP contribution in [-0.2, 0) is 20.8 Å². The molecule has 0 aliphatic carbocycles. The van der Waals surface area contributed by atoms with Gasteiger partial charge in [0, 0.05) is 6.42 Å². The maximum Gasteiger partial charge on any atom is 0.326 e. The predicted molar refractivity (Wildman–Crippen MR) is 114 cm³/mol. The molecule has 1 aromatic rings. The zero-order chi connectivity index (χ0) is 24.4. The highest BCUT2D eigenvalue weighted by Gasteiger charge is 2.37. The highest BCUT2D eigenvalue weighted by atomic mass is 16.4. The molecule has 0 aromatic heterocycles. The molecule has 0 saturated heterocycles. The van der Waals surface area contributed by atoms with Crippen LogP contribution in [-0.4, -0.2) is 86.4 Å². The molecule has 2 amide bonds. The molecule has 0 bridgehead atoms. The third-order valence-electron chi connectivity index (χ3n) is 4.84. The Morgan fingerprint density at radius 1 is 0.969 bits per heavy atom. The van der Waals surface area contributed by atoms with Gasteiger partial charge in [-0.15, -0.1) is 0 Å². The lowest BCUT2D eigenvalue weighted by molar-refractivity contribution is -0.149. The molecular formula is C21H33N3O8. The van der Waals surface area contributed by atoms with E-state index >= 15 is 0 Å². The first kappa shape index (κ1) is 27.5. The quantitative estimate of drug-likeness (QED) is 0.161. The number of nitrogens with one attached hydrogen (secondary N) is 2. The number of amides is 2. The number of carbonyl (C=O) groups is 3. The minimum atomic E-state index is -2.22. The van der Waals surface area contributed by atoms with Crippen LogP contribution in [0.15, 0.2) is 30.3 Å². The third-order valence-corrected chi connectivity index (χ3v) is 4.84. The molecular weight excluding hydrogens is 422 g/mol. The van der Waals surface area contributed by atoms with Crippen molar-refractivity contribution < 1.29 is 39.9 Å². The molecule has 0 heterocycles. The van der Waals surface area contributed by atoms with Crippen molar-refractivity contribution in [3.05, 3.63) is 35.9 Å². The van der Waals surface area contributed by atoms with E-state index in [2.05, 4.69) is 10.6 Å². The molecule has 0 unspecified atom stereocenters. The van der Waals surface area contributed by atoms with Crippen LogP contribution in [0.5, 0.6) is 0 Å². The van der Waals surface area contributed by atoms with E-state index < -0.39 is 60.8 Å². The Bertz CT molecular complexity index is 746. The highest BCUT2D eigenvalue weighted by Crippen LogP contribution is 2.09. The number of rotatable bonds is 13. The number of carboxylic acids is 1. The number of aliphatic carboxylic acids is 1. The first-order valence-electron chi connectivity index (χ1n) is 10.3. The molecule has 1 rings (SSSR count). The maximum absolute atomic E-state index is 12.3. The highest BCUT2D eigenvalue weighted by molar-refractivity contribution is 5.87. The van der Waals surface area contributed by atoms with Gasteiger partial charge in [0.15, 0.2) is 6.10 Å². The fraction of sp³-hybridized carbons (Fsp3) is 0.571. The van der Waals surface area contributed by atoms with Crippen molar-refractivity contribution in [2.24, 2.45) is 11.7 Å². The zero-order valence-corrected chi connectivity index (χ0v) is 18.1. The van der Waals surface area contributed by atoms with Gasteiger partial charge in [0.2, 0.25) is 5.91 Å². The van der Waals surface area contributed by atoms with Crippen molar-refractivity contribution in [1.82, 2.24) is 10.6 Å². The van der Waals surface area contributed by atoms with Crippen molar-refractivity contribution in [3.8, 4) is 0 Å². The summed E-state index contributed by atoms with van der Waals surface area (Å²) in [5.74, 6) is -3.16. The van der Waals surface area contributed by atoms with Gasteiger partial charge in [-0.25, -0.2) is 4.79 Å². The van der Waals surface area contributed by atoms with Crippen LogP contribution in [0.4, 0.5) is 0 Å². The van der Waals surface area contributed by atoms with Crippen molar-refractivity contribution in [3.63, 3.8) is 0 Å². The van der Waals surface area contributed by atoms with E-state index in [1.807, 2.05) is 13.8 Å². The summed E-state index contributed by atoms with van der Waals surface area (Å²) >= 11 is 0. The summed E-state index contributed by atoms with van der Waals surface area (Å²) in [6, 6.07) is 4.72. The first-order valence-corrected chi connectivity index (χ1v) is 10.3. The van der Waals surface area contributed by atoms with Crippen molar-refractivity contribution >= 4 is 17.8 Å². The molecule has 9 N–H and O–H groups in total. The lowest BCUT2D eigenvalue weighted by Crippen LogP contribution is -2.59. The van der Waals surface area contributed by atoms with E-state index in [4.69, 9.17) is 5.73 Å². The first-order chi connectivity index (χ1) is 15.0. The minimum Gasteiger partial charge on any atom is -0.480 e. The van der Waals surface area contributed by atoms with Gasteiger partial charge >= 0.3 is 5.97 Å². The van der Waals surface area contributed by atoms with Gasteiger partial charge in [0.25, 0.3) is 5.91 Å². The summed E-state index contributed by atoms with van der Waals surface area (Å²) in [7, 11) is 0. The van der Waals surface area contributed by atoms with Gasteiger partial charge < -0.3 is 41.9 Å². The van der Waals surface area contributed by atoms with Crippen LogP contribution in [0.1, 0.15) is 25.8 Å². The monoisotopic (exact) mass is 455 g/mol. The Labute approximate surface area is 186 Å². The van der Waals surface area contributed by atoms with E-state index in [-0.39, 0.29) is 12.3 Å². The Morgan fingerprint density at radius 2 is 1.56 bits per heavy atom. The average molecular weight is 456 g/mol. The average Bonchev–Trinajstić information content (AvgIpc) is 2.75. The summed E-state index contributed by atoms with van der Waals surface area (Å²) in [5, 5.41) is 53.8. The van der Waals surface area contributed by atoms with Gasteiger partial charge in [0.1, 0.15) is 18.2 Å². The normalized spacial score (nSPS) is 17.0. The number of hydrogen-bond donors (Lipinski definition) is 8. The van der Waals surface area contributed by atoms with Crippen molar-refractivity contribution in [2.45, 2.75) is 63.1 Å². The van der Waals surface area contributed by atoms with Gasteiger partial charge in [0.05, 0.1) is 18.7 Å². The topological polar surface area (TPSA) is 202 Å². The molecule has 180 valence electrons. The molecule has 0 fully saturated rings. The second kappa shape index (κ2) is 13.1. The van der Waals surface area contributed by atoms with Gasteiger partial charge in [-0.3, -0.25) is 9.59 Å². The number of benzene rings is 1. The van der Waals surface area contributed by atoms with Gasteiger partial charge in [-0.05, 0) is 17.9 Å². The Kier molecular flexibility index (Phi) is 11.2. The number of hydrogen-bond acceptors (Lipinski definition) is 8. The standard InChI is InChI=1S/C21H33N3O8/c1-11(2)8-13(22)19(29)24-15(10-25)16(26)17(27)18(28)20(30)23-14(21(31)32)9-12-6-4-3-5-7-12/h3-7,11,13-18,25-28H,8-10,22H2,1-2H3,(H,23,30)(H,24,29)(H,31,32)/t13-,14-,15-,16+,17+,18-/m0/s1. The molecule has 0 spiro atoms. The lowest BCUT2D eigenvalue weighted by atomic mass is 9.98. The largest absolute Gasteiger partial charge is 0.480 e. The van der Waals surface area contributed by atoms with Crippen LogP contribution in [0.3, 0.4) is 0 Å². The Hall–Kier alpha value is -2.57. The second-order valence-electron chi connectivity index (χ2n) is 8.05. The molecule has 11 nitrogen and oxygen atoms in total. The summed E-state index contributed by atoms with van der Waals surface area (Å²) in [4.78, 5) is 35.9. The van der Waals surface area contributed by atoms with Gasteiger partial charge in [-0.2, -0.15) is 0 Å². The van der Waals surface area contributed by atoms with Crippen molar-refractivity contribution in [1.29, 1.82) is 0 Å². The zero-order valence-electron chi connectivity index (χ0n) is 18.1. The molecule has 0 aliphatic rings. The third kappa shape index (κ3) is 8.52. The maximum atomic E-state index is 12.3. The number of carbonyl (C=O) groups excluding carboxylic acids is 2. The summed E-state index contributed by atoms with van der Waals surface area (Å²) < 4.78 is 0. The predicted octanol–water partition coefficient (Wildman–Crippen LogP) is -2.27. The molecule has 0 aliphatic heterocycles. The lowest BCUT2D eigenvalue weighted by Gasteiger charge is -2.30. The van der Waals surface area contributed by atoms with E-state index in [1.54, 1.807) is 30.3 Å². The number of carboxylic acid groups (broad SMARTS) is 1. The number of aliphatic hydroxyl groups excluding tert-OH is 4. The van der Waals surface area contributed by atoms with E-state index in [9.17, 15) is 39.9 Å². The van der Waals surface area contributed by atoms with Gasteiger partial charge in [-0.1, -0.05) is 44.2 Å². The number of nitrogens with two attached hydrogens (primary N) is 1. The van der Waals surface area contributed by atoms with E-state index in [0.717, 1.165) is 0 Å². The summed E-state index contributed by atoms with van der Waals surface area (Å²) in [6.45, 7) is 2.90.